The third-order valence-corrected chi connectivity index (χ3v) is 3.76. The molecule has 0 aliphatic heterocycles. The Hall–Kier alpha value is -0.390. The minimum absolute atomic E-state index is 0.0573. The number of nitrogens with zero attached hydrogens (tertiary/aromatic N) is 1. The van der Waals surface area contributed by atoms with Crippen molar-refractivity contribution in [3.8, 4) is 0 Å². The van der Waals surface area contributed by atoms with Gasteiger partial charge < -0.3 is 10.2 Å². The quantitative estimate of drug-likeness (QED) is 0.891. The first kappa shape index (κ1) is 14.7. The summed E-state index contributed by atoms with van der Waals surface area (Å²) in [7, 11) is 3.98. The normalized spacial score (nSPS) is 12.6. The van der Waals surface area contributed by atoms with Gasteiger partial charge in [-0.15, -0.1) is 0 Å². The molecule has 0 saturated heterocycles. The summed E-state index contributed by atoms with van der Waals surface area (Å²) in [5.41, 5.74) is 0.652. The van der Waals surface area contributed by atoms with Crippen LogP contribution >= 0.6 is 31.9 Å². The molecule has 1 aromatic rings. The second-order valence-corrected chi connectivity index (χ2v) is 5.92. The molecule has 0 spiro atoms. The minimum atomic E-state index is -0.0573. The first-order valence-corrected chi connectivity index (χ1v) is 6.90. The standard InChI is InChI=1S/C12H16Br2N2O/c1-8(16(2)3)7-15-12(17)10-5-4-9(13)6-11(10)14/h4-6,8H,7H2,1-3H3,(H,15,17). The summed E-state index contributed by atoms with van der Waals surface area (Å²) in [6.07, 6.45) is 0. The molecule has 0 fully saturated rings. The largest absolute Gasteiger partial charge is 0.350 e. The second kappa shape index (κ2) is 6.52. The van der Waals surface area contributed by atoms with Crippen LogP contribution in [0.5, 0.6) is 0 Å². The van der Waals surface area contributed by atoms with Gasteiger partial charge in [0.25, 0.3) is 5.91 Å². The van der Waals surface area contributed by atoms with Crippen LogP contribution in [-0.4, -0.2) is 37.5 Å². The van der Waals surface area contributed by atoms with Crippen LogP contribution in [0.3, 0.4) is 0 Å². The van der Waals surface area contributed by atoms with Gasteiger partial charge in [0.15, 0.2) is 0 Å². The van der Waals surface area contributed by atoms with Gasteiger partial charge in [0.2, 0.25) is 0 Å². The number of hydrogen-bond donors (Lipinski definition) is 1. The molecule has 0 radical (unpaired) electrons. The van der Waals surface area contributed by atoms with E-state index in [-0.39, 0.29) is 5.91 Å². The van der Waals surface area contributed by atoms with Gasteiger partial charge in [0.05, 0.1) is 5.56 Å². The summed E-state index contributed by atoms with van der Waals surface area (Å²) >= 11 is 6.74. The van der Waals surface area contributed by atoms with E-state index in [4.69, 9.17) is 0 Å². The molecule has 0 aromatic heterocycles. The highest BCUT2D eigenvalue weighted by molar-refractivity contribution is 9.11. The van der Waals surface area contributed by atoms with Crippen LogP contribution in [0.15, 0.2) is 27.1 Å². The van der Waals surface area contributed by atoms with E-state index in [9.17, 15) is 4.79 Å². The van der Waals surface area contributed by atoms with E-state index < -0.39 is 0 Å². The number of carbonyl (C=O) groups excluding carboxylic acids is 1. The number of hydrogen-bond acceptors (Lipinski definition) is 2. The van der Waals surface area contributed by atoms with Gasteiger partial charge in [-0.3, -0.25) is 4.79 Å². The fraction of sp³-hybridized carbons (Fsp3) is 0.417. The number of halogens is 2. The third-order valence-electron chi connectivity index (χ3n) is 2.62. The topological polar surface area (TPSA) is 32.3 Å². The Balaban J connectivity index is 2.64. The van der Waals surface area contributed by atoms with Crippen LogP contribution in [0.1, 0.15) is 17.3 Å². The van der Waals surface area contributed by atoms with Crippen LogP contribution in [0, 0.1) is 0 Å². The number of rotatable bonds is 4. The molecular weight excluding hydrogens is 348 g/mol. The SMILES string of the molecule is CC(CNC(=O)c1ccc(Br)cc1Br)N(C)C. The zero-order valence-electron chi connectivity index (χ0n) is 10.1. The highest BCUT2D eigenvalue weighted by atomic mass is 79.9. The Morgan fingerprint density at radius 1 is 1.41 bits per heavy atom. The van der Waals surface area contributed by atoms with Gasteiger partial charge in [-0.1, -0.05) is 15.9 Å². The van der Waals surface area contributed by atoms with Crippen molar-refractivity contribution in [2.75, 3.05) is 20.6 Å². The maximum absolute atomic E-state index is 11.9. The van der Waals surface area contributed by atoms with Crippen LogP contribution < -0.4 is 5.32 Å². The van der Waals surface area contributed by atoms with Gasteiger partial charge >= 0.3 is 0 Å². The first-order valence-electron chi connectivity index (χ1n) is 5.31. The smallest absolute Gasteiger partial charge is 0.252 e. The van der Waals surface area contributed by atoms with E-state index in [0.717, 1.165) is 8.95 Å². The van der Waals surface area contributed by atoms with Gasteiger partial charge in [-0.2, -0.15) is 0 Å². The van der Waals surface area contributed by atoms with Crippen LogP contribution in [0.2, 0.25) is 0 Å². The Morgan fingerprint density at radius 3 is 2.59 bits per heavy atom. The maximum atomic E-state index is 11.9. The second-order valence-electron chi connectivity index (χ2n) is 4.15. The maximum Gasteiger partial charge on any atom is 0.252 e. The number of benzene rings is 1. The molecule has 94 valence electrons. The summed E-state index contributed by atoms with van der Waals surface area (Å²) in [6.45, 7) is 2.70. The summed E-state index contributed by atoms with van der Waals surface area (Å²) in [5.74, 6) is -0.0573. The fourth-order valence-electron chi connectivity index (χ4n) is 1.19. The summed E-state index contributed by atoms with van der Waals surface area (Å²) in [5, 5.41) is 2.91. The van der Waals surface area contributed by atoms with Crippen molar-refractivity contribution in [2.45, 2.75) is 13.0 Å². The number of amides is 1. The Bertz CT molecular complexity index is 407. The molecule has 0 aliphatic rings. The molecule has 1 aromatic carbocycles. The van der Waals surface area contributed by atoms with E-state index >= 15 is 0 Å². The minimum Gasteiger partial charge on any atom is -0.350 e. The van der Waals surface area contributed by atoms with Crippen molar-refractivity contribution >= 4 is 37.8 Å². The molecule has 17 heavy (non-hydrogen) atoms. The zero-order chi connectivity index (χ0) is 13.0. The monoisotopic (exact) mass is 362 g/mol. The summed E-state index contributed by atoms with van der Waals surface area (Å²) in [4.78, 5) is 14.0. The lowest BCUT2D eigenvalue weighted by molar-refractivity contribution is 0.0943. The van der Waals surface area contributed by atoms with E-state index in [1.165, 1.54) is 0 Å². The fourth-order valence-corrected chi connectivity index (χ4v) is 2.42. The predicted octanol–water partition coefficient (Wildman–Crippen LogP) is 2.89. The Kier molecular flexibility index (Phi) is 5.62. The summed E-state index contributed by atoms with van der Waals surface area (Å²) < 4.78 is 1.74. The lowest BCUT2D eigenvalue weighted by Crippen LogP contribution is -2.38. The lowest BCUT2D eigenvalue weighted by Gasteiger charge is -2.20. The van der Waals surface area contributed by atoms with Gasteiger partial charge in [-0.05, 0) is 55.1 Å². The Labute approximate surface area is 119 Å². The average Bonchev–Trinajstić information content (AvgIpc) is 2.25. The molecule has 5 heteroatoms. The van der Waals surface area contributed by atoms with Crippen LogP contribution in [0.25, 0.3) is 0 Å². The van der Waals surface area contributed by atoms with Gasteiger partial charge in [-0.25, -0.2) is 0 Å². The highest BCUT2D eigenvalue weighted by Gasteiger charge is 2.11. The van der Waals surface area contributed by atoms with Crippen molar-refractivity contribution in [1.82, 2.24) is 10.2 Å². The van der Waals surface area contributed by atoms with Crippen molar-refractivity contribution < 1.29 is 4.79 Å². The van der Waals surface area contributed by atoms with Crippen LogP contribution in [-0.2, 0) is 0 Å². The van der Waals surface area contributed by atoms with Crippen LogP contribution in [0.4, 0.5) is 0 Å². The van der Waals surface area contributed by atoms with Crippen molar-refractivity contribution in [3.05, 3.63) is 32.7 Å². The van der Waals surface area contributed by atoms with Crippen molar-refractivity contribution in [2.24, 2.45) is 0 Å². The number of nitrogens with one attached hydrogen (secondary N) is 1. The van der Waals surface area contributed by atoms with Gasteiger partial charge in [0, 0.05) is 21.5 Å². The van der Waals surface area contributed by atoms with Crippen molar-refractivity contribution in [1.29, 1.82) is 0 Å². The van der Waals surface area contributed by atoms with E-state index in [0.29, 0.717) is 18.2 Å². The molecule has 1 rings (SSSR count). The van der Waals surface area contributed by atoms with E-state index in [1.54, 1.807) is 6.07 Å². The molecule has 0 saturated carbocycles. The Morgan fingerprint density at radius 2 is 2.06 bits per heavy atom. The summed E-state index contributed by atoms with van der Waals surface area (Å²) in [6, 6.07) is 5.83. The number of likely N-dealkylation sites (N-methyl/N-ethyl adjacent to an activating group) is 1. The molecule has 1 atom stereocenters. The highest BCUT2D eigenvalue weighted by Crippen LogP contribution is 2.21. The molecule has 1 unspecified atom stereocenters. The zero-order valence-corrected chi connectivity index (χ0v) is 13.3. The van der Waals surface area contributed by atoms with E-state index in [2.05, 4.69) is 49.0 Å². The van der Waals surface area contributed by atoms with Gasteiger partial charge in [0.1, 0.15) is 0 Å². The first-order chi connectivity index (χ1) is 7.91. The van der Waals surface area contributed by atoms with Crippen molar-refractivity contribution in [3.63, 3.8) is 0 Å². The molecular formula is C12H16Br2N2O. The third kappa shape index (κ3) is 4.41. The molecule has 1 amide bonds. The molecule has 0 aliphatic carbocycles. The molecule has 1 N–H and O–H groups in total. The number of carbonyl (C=O) groups is 1. The van der Waals surface area contributed by atoms with E-state index in [1.807, 2.05) is 26.2 Å². The molecule has 3 nitrogen and oxygen atoms in total. The predicted molar refractivity (Wildman–Crippen MR) is 77.3 cm³/mol. The lowest BCUT2D eigenvalue weighted by atomic mass is 10.2. The molecule has 0 bridgehead atoms. The average molecular weight is 364 g/mol. The molecule has 0 heterocycles.